The summed E-state index contributed by atoms with van der Waals surface area (Å²) in [5.41, 5.74) is 7.97. The number of benzene rings is 1. The molecule has 0 spiro atoms. The van der Waals surface area contributed by atoms with E-state index in [0.717, 1.165) is 37.1 Å². The van der Waals surface area contributed by atoms with E-state index in [9.17, 15) is 9.59 Å². The number of hydrogen-bond donors (Lipinski definition) is 1. The van der Waals surface area contributed by atoms with Gasteiger partial charge in [-0.15, -0.1) is 12.4 Å². The molecule has 0 bridgehead atoms. The normalized spacial score (nSPS) is 14.9. The van der Waals surface area contributed by atoms with Crippen LogP contribution in [0.1, 0.15) is 47.7 Å². The summed E-state index contributed by atoms with van der Waals surface area (Å²) in [4.78, 5) is 28.4. The minimum atomic E-state index is -0.0647. The molecule has 1 saturated heterocycles. The summed E-state index contributed by atoms with van der Waals surface area (Å²) in [5, 5.41) is 0. The number of halogens is 1. The van der Waals surface area contributed by atoms with Crippen LogP contribution in [0.5, 0.6) is 5.75 Å². The Morgan fingerprint density at radius 3 is 2.26 bits per heavy atom. The predicted octanol–water partition coefficient (Wildman–Crippen LogP) is 2.54. The molecule has 1 aromatic rings. The van der Waals surface area contributed by atoms with Crippen molar-refractivity contribution >= 4 is 24.2 Å². The Bertz CT molecular complexity index is 637. The Labute approximate surface area is 168 Å². The fraction of sp³-hybridized carbons (Fsp3) is 0.600. The van der Waals surface area contributed by atoms with Gasteiger partial charge in [-0.25, -0.2) is 0 Å². The third kappa shape index (κ3) is 5.84. The minimum Gasteiger partial charge on any atom is -0.483 e. The number of amides is 2. The maximum absolute atomic E-state index is 12.6. The highest BCUT2D eigenvalue weighted by molar-refractivity contribution is 5.95. The average molecular weight is 398 g/mol. The molecule has 0 saturated carbocycles. The molecule has 2 amide bonds. The van der Waals surface area contributed by atoms with Crippen LogP contribution in [0.3, 0.4) is 0 Å². The van der Waals surface area contributed by atoms with Crippen molar-refractivity contribution in [3.63, 3.8) is 0 Å². The zero-order chi connectivity index (χ0) is 19.3. The molecule has 1 heterocycles. The largest absolute Gasteiger partial charge is 0.483 e. The maximum atomic E-state index is 12.6. The highest BCUT2D eigenvalue weighted by Crippen LogP contribution is 2.26. The average Bonchev–Trinajstić information content (AvgIpc) is 2.65. The van der Waals surface area contributed by atoms with E-state index in [1.165, 1.54) is 6.42 Å². The Kier molecular flexibility index (Phi) is 9.06. The van der Waals surface area contributed by atoms with Gasteiger partial charge in [0.1, 0.15) is 5.75 Å². The van der Waals surface area contributed by atoms with Crippen LogP contribution in [-0.4, -0.2) is 60.9 Å². The third-order valence-electron chi connectivity index (χ3n) is 5.08. The number of aryl methyl sites for hydroxylation is 2. The number of hydrogen-bond acceptors (Lipinski definition) is 4. The van der Waals surface area contributed by atoms with Gasteiger partial charge in [0, 0.05) is 38.3 Å². The van der Waals surface area contributed by atoms with Crippen LogP contribution in [-0.2, 0) is 4.79 Å². The first-order valence-corrected chi connectivity index (χ1v) is 9.34. The number of carbonyl (C=O) groups is 2. The summed E-state index contributed by atoms with van der Waals surface area (Å²) in [6, 6.07) is 3.60. The second-order valence-corrected chi connectivity index (χ2v) is 7.17. The molecule has 0 aliphatic carbocycles. The van der Waals surface area contributed by atoms with Gasteiger partial charge in [-0.3, -0.25) is 9.59 Å². The number of likely N-dealkylation sites (tertiary alicyclic amines) is 1. The van der Waals surface area contributed by atoms with Crippen LogP contribution >= 0.6 is 12.4 Å². The first-order chi connectivity index (χ1) is 12.3. The quantitative estimate of drug-likeness (QED) is 0.800. The molecule has 1 aliphatic heterocycles. The van der Waals surface area contributed by atoms with Crippen LogP contribution in [0.25, 0.3) is 0 Å². The van der Waals surface area contributed by atoms with Crippen LogP contribution < -0.4 is 10.5 Å². The topological polar surface area (TPSA) is 75.9 Å². The number of piperidine rings is 1. The molecule has 1 aromatic carbocycles. The van der Waals surface area contributed by atoms with E-state index in [1.807, 2.05) is 37.8 Å². The van der Waals surface area contributed by atoms with Gasteiger partial charge in [-0.05, 0) is 63.3 Å². The van der Waals surface area contributed by atoms with Gasteiger partial charge in [0.25, 0.3) is 11.8 Å². The molecular formula is C20H32ClN3O3. The molecule has 1 aliphatic rings. The number of carbonyl (C=O) groups excluding carboxylic acids is 2. The SMILES string of the molecule is Cc1cc(C(=O)N(C)C(C)CN)cc(C)c1OCC(=O)N1CCCCC1.Cl. The van der Waals surface area contributed by atoms with Crippen LogP contribution in [0.2, 0.25) is 0 Å². The van der Waals surface area contributed by atoms with E-state index in [4.69, 9.17) is 10.5 Å². The minimum absolute atomic E-state index is 0. The van der Waals surface area contributed by atoms with Crippen LogP contribution in [0.15, 0.2) is 12.1 Å². The molecule has 0 radical (unpaired) electrons. The van der Waals surface area contributed by atoms with Crippen molar-refractivity contribution in [1.29, 1.82) is 0 Å². The van der Waals surface area contributed by atoms with Crippen molar-refractivity contribution in [2.75, 3.05) is 33.3 Å². The summed E-state index contributed by atoms with van der Waals surface area (Å²) in [6.45, 7) is 7.81. The summed E-state index contributed by atoms with van der Waals surface area (Å²) in [6.07, 6.45) is 3.32. The van der Waals surface area contributed by atoms with Crippen molar-refractivity contribution in [3.8, 4) is 5.75 Å². The van der Waals surface area contributed by atoms with Gasteiger partial charge in [0.05, 0.1) is 0 Å². The van der Waals surface area contributed by atoms with E-state index in [2.05, 4.69) is 0 Å². The second kappa shape index (κ2) is 10.5. The fourth-order valence-electron chi connectivity index (χ4n) is 3.23. The molecule has 6 nitrogen and oxygen atoms in total. The lowest BCUT2D eigenvalue weighted by Gasteiger charge is -2.27. The lowest BCUT2D eigenvalue weighted by atomic mass is 10.0. The Morgan fingerprint density at radius 1 is 1.19 bits per heavy atom. The predicted molar refractivity (Wildman–Crippen MR) is 110 cm³/mol. The van der Waals surface area contributed by atoms with Gasteiger partial charge in [-0.1, -0.05) is 0 Å². The van der Waals surface area contributed by atoms with Gasteiger partial charge < -0.3 is 20.3 Å². The standard InChI is InChI=1S/C20H31N3O3.ClH/c1-14-10-17(20(25)22(4)16(3)12-21)11-15(2)19(14)26-13-18(24)23-8-6-5-7-9-23;/h10-11,16H,5-9,12-13,21H2,1-4H3;1H. The van der Waals surface area contributed by atoms with Gasteiger partial charge in [0.2, 0.25) is 0 Å². The van der Waals surface area contributed by atoms with Crippen LogP contribution in [0.4, 0.5) is 0 Å². The lowest BCUT2D eigenvalue weighted by molar-refractivity contribution is -0.134. The van der Waals surface area contributed by atoms with Gasteiger partial charge in [-0.2, -0.15) is 0 Å². The molecule has 2 N–H and O–H groups in total. The Hall–Kier alpha value is -1.79. The molecule has 1 fully saturated rings. The number of nitrogens with zero attached hydrogens (tertiary/aromatic N) is 2. The molecule has 0 aromatic heterocycles. The van der Waals surface area contributed by atoms with Crippen LogP contribution in [0, 0.1) is 13.8 Å². The first-order valence-electron chi connectivity index (χ1n) is 9.34. The van der Waals surface area contributed by atoms with Gasteiger partial charge in [0.15, 0.2) is 6.61 Å². The van der Waals surface area contributed by atoms with Crippen molar-refractivity contribution in [2.24, 2.45) is 5.73 Å². The number of likely N-dealkylation sites (N-methyl/N-ethyl adjacent to an activating group) is 1. The Balaban J connectivity index is 0.00000364. The number of rotatable bonds is 6. The number of nitrogens with two attached hydrogens (primary N) is 1. The highest BCUT2D eigenvalue weighted by Gasteiger charge is 2.20. The summed E-state index contributed by atoms with van der Waals surface area (Å²) in [7, 11) is 1.76. The van der Waals surface area contributed by atoms with Crippen molar-refractivity contribution < 1.29 is 14.3 Å². The highest BCUT2D eigenvalue weighted by atomic mass is 35.5. The molecule has 152 valence electrons. The molecule has 7 heteroatoms. The summed E-state index contributed by atoms with van der Waals surface area (Å²) >= 11 is 0. The van der Waals surface area contributed by atoms with E-state index in [1.54, 1.807) is 11.9 Å². The zero-order valence-corrected chi connectivity index (χ0v) is 17.6. The van der Waals surface area contributed by atoms with E-state index < -0.39 is 0 Å². The molecule has 1 unspecified atom stereocenters. The molecule has 1 atom stereocenters. The zero-order valence-electron chi connectivity index (χ0n) is 16.8. The van der Waals surface area contributed by atoms with E-state index >= 15 is 0 Å². The second-order valence-electron chi connectivity index (χ2n) is 7.17. The maximum Gasteiger partial charge on any atom is 0.260 e. The molecule has 2 rings (SSSR count). The fourth-order valence-corrected chi connectivity index (χ4v) is 3.23. The third-order valence-corrected chi connectivity index (χ3v) is 5.08. The molecule has 27 heavy (non-hydrogen) atoms. The molecular weight excluding hydrogens is 366 g/mol. The summed E-state index contributed by atoms with van der Waals surface area (Å²) < 4.78 is 5.81. The monoisotopic (exact) mass is 397 g/mol. The van der Waals surface area contributed by atoms with E-state index in [0.29, 0.717) is 17.9 Å². The van der Waals surface area contributed by atoms with E-state index in [-0.39, 0.29) is 36.9 Å². The number of ether oxygens (including phenoxy) is 1. The van der Waals surface area contributed by atoms with Crippen molar-refractivity contribution in [1.82, 2.24) is 9.80 Å². The summed E-state index contributed by atoms with van der Waals surface area (Å²) in [5.74, 6) is 0.645. The van der Waals surface area contributed by atoms with Gasteiger partial charge >= 0.3 is 0 Å². The van der Waals surface area contributed by atoms with Crippen molar-refractivity contribution in [3.05, 3.63) is 28.8 Å². The Morgan fingerprint density at radius 2 is 1.74 bits per heavy atom. The smallest absolute Gasteiger partial charge is 0.260 e. The first kappa shape index (κ1) is 23.2. The lowest BCUT2D eigenvalue weighted by Crippen LogP contribution is -2.39. The van der Waals surface area contributed by atoms with Crippen molar-refractivity contribution in [2.45, 2.75) is 46.1 Å².